The second kappa shape index (κ2) is 6.86. The molecule has 3 heteroatoms. The summed E-state index contributed by atoms with van der Waals surface area (Å²) in [5.41, 5.74) is 0.939. The monoisotopic (exact) mass is 248 g/mol. The van der Waals surface area contributed by atoms with Crippen molar-refractivity contribution in [3.63, 3.8) is 0 Å². The molecule has 0 bridgehead atoms. The summed E-state index contributed by atoms with van der Waals surface area (Å²) in [6, 6.07) is 3.74. The third-order valence-corrected chi connectivity index (χ3v) is 4.12. The summed E-state index contributed by atoms with van der Waals surface area (Å²) in [6.45, 7) is 4.02. The zero-order chi connectivity index (χ0) is 12.8. The molecule has 1 aromatic heterocycles. The normalized spacial score (nSPS) is 25.9. The van der Waals surface area contributed by atoms with Crippen molar-refractivity contribution in [2.45, 2.75) is 38.7 Å². The SMILES string of the molecule is C[C@@H]1CCCC[C@@H]1CNC[C@H](O)c1ccncc1. The lowest BCUT2D eigenvalue weighted by molar-refractivity contribution is 0.165. The molecule has 0 amide bonds. The van der Waals surface area contributed by atoms with Crippen molar-refractivity contribution in [3.05, 3.63) is 30.1 Å². The molecule has 1 heterocycles. The lowest BCUT2D eigenvalue weighted by Crippen LogP contribution is -2.31. The lowest BCUT2D eigenvalue weighted by atomic mass is 9.80. The quantitative estimate of drug-likeness (QED) is 0.841. The van der Waals surface area contributed by atoms with Crippen molar-refractivity contribution >= 4 is 0 Å². The molecular formula is C15H24N2O. The number of hydrogen-bond acceptors (Lipinski definition) is 3. The molecule has 0 aromatic carbocycles. The fraction of sp³-hybridized carbons (Fsp3) is 0.667. The van der Waals surface area contributed by atoms with Crippen molar-refractivity contribution in [3.8, 4) is 0 Å². The van der Waals surface area contributed by atoms with E-state index < -0.39 is 6.10 Å². The number of rotatable bonds is 5. The molecule has 0 unspecified atom stereocenters. The highest BCUT2D eigenvalue weighted by Crippen LogP contribution is 2.28. The highest BCUT2D eigenvalue weighted by atomic mass is 16.3. The molecule has 0 spiro atoms. The summed E-state index contributed by atoms with van der Waals surface area (Å²) in [6.07, 6.45) is 8.47. The Labute approximate surface area is 110 Å². The van der Waals surface area contributed by atoms with Gasteiger partial charge in [-0.3, -0.25) is 4.98 Å². The van der Waals surface area contributed by atoms with E-state index in [2.05, 4.69) is 17.2 Å². The van der Waals surface area contributed by atoms with Crippen LogP contribution in [0.25, 0.3) is 0 Å². The van der Waals surface area contributed by atoms with Crippen LogP contribution in [0.3, 0.4) is 0 Å². The van der Waals surface area contributed by atoms with Crippen LogP contribution in [0.2, 0.25) is 0 Å². The molecule has 3 nitrogen and oxygen atoms in total. The van der Waals surface area contributed by atoms with E-state index >= 15 is 0 Å². The molecule has 0 aliphatic heterocycles. The van der Waals surface area contributed by atoms with Crippen molar-refractivity contribution in [1.82, 2.24) is 10.3 Å². The van der Waals surface area contributed by atoms with Crippen LogP contribution in [0.1, 0.15) is 44.3 Å². The Kier molecular flexibility index (Phi) is 5.14. The number of nitrogens with zero attached hydrogens (tertiary/aromatic N) is 1. The lowest BCUT2D eigenvalue weighted by Gasteiger charge is -2.29. The van der Waals surface area contributed by atoms with Gasteiger partial charge in [-0.15, -0.1) is 0 Å². The second-order valence-corrected chi connectivity index (χ2v) is 5.48. The van der Waals surface area contributed by atoms with Gasteiger partial charge in [0.1, 0.15) is 0 Å². The summed E-state index contributed by atoms with van der Waals surface area (Å²) < 4.78 is 0. The Morgan fingerprint density at radius 2 is 2.06 bits per heavy atom. The zero-order valence-electron chi connectivity index (χ0n) is 11.2. The predicted octanol–water partition coefficient (Wildman–Crippen LogP) is 2.53. The zero-order valence-corrected chi connectivity index (χ0v) is 11.2. The molecule has 1 aliphatic rings. The van der Waals surface area contributed by atoms with Crippen LogP contribution in [0, 0.1) is 11.8 Å². The predicted molar refractivity (Wildman–Crippen MR) is 73.2 cm³/mol. The van der Waals surface area contributed by atoms with Gasteiger partial charge in [0.25, 0.3) is 0 Å². The summed E-state index contributed by atoms with van der Waals surface area (Å²) in [7, 11) is 0. The highest BCUT2D eigenvalue weighted by Gasteiger charge is 2.20. The van der Waals surface area contributed by atoms with Crippen molar-refractivity contribution in [2.75, 3.05) is 13.1 Å². The van der Waals surface area contributed by atoms with Gasteiger partial charge in [-0.05, 0) is 42.5 Å². The molecule has 0 radical (unpaired) electrons. The van der Waals surface area contributed by atoms with E-state index in [4.69, 9.17) is 0 Å². The minimum atomic E-state index is -0.424. The van der Waals surface area contributed by atoms with Gasteiger partial charge in [0.05, 0.1) is 6.10 Å². The molecular weight excluding hydrogens is 224 g/mol. The van der Waals surface area contributed by atoms with Crippen LogP contribution >= 0.6 is 0 Å². The smallest absolute Gasteiger partial charge is 0.0915 e. The first-order valence-corrected chi connectivity index (χ1v) is 7.06. The Bertz CT molecular complexity index is 342. The molecule has 2 rings (SSSR count). The first-order chi connectivity index (χ1) is 8.77. The van der Waals surface area contributed by atoms with E-state index in [1.54, 1.807) is 12.4 Å². The fourth-order valence-electron chi connectivity index (χ4n) is 2.81. The van der Waals surface area contributed by atoms with E-state index in [9.17, 15) is 5.11 Å². The third-order valence-electron chi connectivity index (χ3n) is 4.12. The van der Waals surface area contributed by atoms with E-state index in [1.165, 1.54) is 25.7 Å². The standard InChI is InChI=1S/C15H24N2O/c1-12-4-2-3-5-14(12)10-17-11-15(18)13-6-8-16-9-7-13/h6-9,12,14-15,17-18H,2-5,10-11H2,1H3/t12-,14-,15+/m1/s1. The van der Waals surface area contributed by atoms with Gasteiger partial charge in [0, 0.05) is 18.9 Å². The highest BCUT2D eigenvalue weighted by molar-refractivity contribution is 5.13. The van der Waals surface area contributed by atoms with Crippen LogP contribution in [0.15, 0.2) is 24.5 Å². The van der Waals surface area contributed by atoms with Gasteiger partial charge >= 0.3 is 0 Å². The molecule has 3 atom stereocenters. The van der Waals surface area contributed by atoms with Crippen LogP contribution < -0.4 is 5.32 Å². The Hall–Kier alpha value is -0.930. The van der Waals surface area contributed by atoms with Gasteiger partial charge in [0.15, 0.2) is 0 Å². The van der Waals surface area contributed by atoms with Gasteiger partial charge in [-0.25, -0.2) is 0 Å². The Morgan fingerprint density at radius 1 is 1.33 bits per heavy atom. The van der Waals surface area contributed by atoms with Crippen molar-refractivity contribution in [1.29, 1.82) is 0 Å². The molecule has 1 saturated carbocycles. The fourth-order valence-corrected chi connectivity index (χ4v) is 2.81. The maximum Gasteiger partial charge on any atom is 0.0915 e. The van der Waals surface area contributed by atoms with E-state index in [1.807, 2.05) is 12.1 Å². The second-order valence-electron chi connectivity index (χ2n) is 5.48. The number of hydrogen-bond donors (Lipinski definition) is 2. The van der Waals surface area contributed by atoms with Gasteiger partial charge in [-0.1, -0.05) is 26.2 Å². The van der Waals surface area contributed by atoms with E-state index in [0.29, 0.717) is 6.54 Å². The number of nitrogens with one attached hydrogen (secondary N) is 1. The third kappa shape index (κ3) is 3.79. The number of aliphatic hydroxyl groups is 1. The van der Waals surface area contributed by atoms with Crippen LogP contribution in [0.4, 0.5) is 0 Å². The minimum Gasteiger partial charge on any atom is -0.387 e. The molecule has 0 saturated heterocycles. The van der Waals surface area contributed by atoms with E-state index in [0.717, 1.165) is 23.9 Å². The van der Waals surface area contributed by atoms with Gasteiger partial charge in [0.2, 0.25) is 0 Å². The molecule has 1 fully saturated rings. The molecule has 18 heavy (non-hydrogen) atoms. The molecule has 2 N–H and O–H groups in total. The maximum atomic E-state index is 10.0. The topological polar surface area (TPSA) is 45.1 Å². The van der Waals surface area contributed by atoms with Crippen LogP contribution in [-0.4, -0.2) is 23.2 Å². The van der Waals surface area contributed by atoms with Crippen molar-refractivity contribution < 1.29 is 5.11 Å². The molecule has 1 aliphatic carbocycles. The first-order valence-electron chi connectivity index (χ1n) is 7.06. The van der Waals surface area contributed by atoms with Gasteiger partial charge in [-0.2, -0.15) is 0 Å². The Balaban J connectivity index is 1.71. The number of aliphatic hydroxyl groups excluding tert-OH is 1. The van der Waals surface area contributed by atoms with Gasteiger partial charge < -0.3 is 10.4 Å². The van der Waals surface area contributed by atoms with E-state index in [-0.39, 0.29) is 0 Å². The van der Waals surface area contributed by atoms with Crippen LogP contribution in [0.5, 0.6) is 0 Å². The number of aromatic nitrogens is 1. The summed E-state index contributed by atoms with van der Waals surface area (Å²) in [5, 5.41) is 13.4. The van der Waals surface area contributed by atoms with Crippen LogP contribution in [-0.2, 0) is 0 Å². The largest absolute Gasteiger partial charge is 0.387 e. The molecule has 1 aromatic rings. The molecule has 100 valence electrons. The average molecular weight is 248 g/mol. The number of pyridine rings is 1. The first kappa shape index (κ1) is 13.5. The average Bonchev–Trinajstić information content (AvgIpc) is 2.42. The summed E-state index contributed by atoms with van der Waals surface area (Å²) in [4.78, 5) is 3.96. The minimum absolute atomic E-state index is 0.424. The summed E-state index contributed by atoms with van der Waals surface area (Å²) >= 11 is 0. The summed E-state index contributed by atoms with van der Waals surface area (Å²) in [5.74, 6) is 1.60. The maximum absolute atomic E-state index is 10.0. The Morgan fingerprint density at radius 3 is 2.78 bits per heavy atom. The van der Waals surface area contributed by atoms with Crippen molar-refractivity contribution in [2.24, 2.45) is 11.8 Å².